The molecular formula is C16H20N4OS. The number of piperidine rings is 1. The van der Waals surface area contributed by atoms with E-state index in [9.17, 15) is 4.79 Å². The van der Waals surface area contributed by atoms with Crippen molar-refractivity contribution in [1.29, 1.82) is 0 Å². The molecule has 2 aromatic rings. The van der Waals surface area contributed by atoms with Crippen molar-refractivity contribution in [2.24, 2.45) is 0 Å². The monoisotopic (exact) mass is 316 g/mol. The van der Waals surface area contributed by atoms with Gasteiger partial charge in [0.2, 0.25) is 0 Å². The predicted molar refractivity (Wildman–Crippen MR) is 89.6 cm³/mol. The van der Waals surface area contributed by atoms with Crippen molar-refractivity contribution in [2.45, 2.75) is 38.6 Å². The fourth-order valence-electron chi connectivity index (χ4n) is 2.86. The van der Waals surface area contributed by atoms with Crippen molar-refractivity contribution in [3.8, 4) is 0 Å². The summed E-state index contributed by atoms with van der Waals surface area (Å²) in [5.74, 6) is 1.26. The SMILES string of the molecule is CCC1CCCCN1c1ccc(NC(=O)c2cccs2)nn1. The van der Waals surface area contributed by atoms with Gasteiger partial charge in [0.1, 0.15) is 0 Å². The van der Waals surface area contributed by atoms with Crippen LogP contribution in [0.2, 0.25) is 0 Å². The Labute approximate surface area is 134 Å². The van der Waals surface area contributed by atoms with Crippen LogP contribution in [0.15, 0.2) is 29.6 Å². The van der Waals surface area contributed by atoms with Crippen LogP contribution in [0.5, 0.6) is 0 Å². The largest absolute Gasteiger partial charge is 0.352 e. The zero-order valence-electron chi connectivity index (χ0n) is 12.7. The van der Waals surface area contributed by atoms with Crippen molar-refractivity contribution in [3.05, 3.63) is 34.5 Å². The van der Waals surface area contributed by atoms with E-state index in [4.69, 9.17) is 0 Å². The van der Waals surface area contributed by atoms with Crippen LogP contribution in [0.3, 0.4) is 0 Å². The third-order valence-corrected chi connectivity index (χ3v) is 4.90. The van der Waals surface area contributed by atoms with Crippen LogP contribution < -0.4 is 10.2 Å². The summed E-state index contributed by atoms with van der Waals surface area (Å²) in [7, 11) is 0. The Kier molecular flexibility index (Phi) is 4.68. The summed E-state index contributed by atoms with van der Waals surface area (Å²) >= 11 is 1.41. The number of rotatable bonds is 4. The van der Waals surface area contributed by atoms with E-state index in [0.29, 0.717) is 16.7 Å². The van der Waals surface area contributed by atoms with Crippen LogP contribution in [0.4, 0.5) is 11.6 Å². The van der Waals surface area contributed by atoms with E-state index in [1.807, 2.05) is 23.6 Å². The number of thiophene rings is 1. The number of aromatic nitrogens is 2. The summed E-state index contributed by atoms with van der Waals surface area (Å²) in [6, 6.07) is 7.98. The van der Waals surface area contributed by atoms with Crippen LogP contribution in [0, 0.1) is 0 Å². The first kappa shape index (κ1) is 15.0. The highest BCUT2D eigenvalue weighted by atomic mass is 32.1. The minimum absolute atomic E-state index is 0.138. The van der Waals surface area contributed by atoms with Crippen LogP contribution in [-0.4, -0.2) is 28.7 Å². The van der Waals surface area contributed by atoms with Gasteiger partial charge >= 0.3 is 0 Å². The Morgan fingerprint density at radius 1 is 1.36 bits per heavy atom. The number of carbonyl (C=O) groups is 1. The molecule has 5 nitrogen and oxygen atoms in total. The summed E-state index contributed by atoms with van der Waals surface area (Å²) in [5, 5.41) is 13.1. The number of nitrogens with zero attached hydrogens (tertiary/aromatic N) is 3. The van der Waals surface area contributed by atoms with Gasteiger partial charge in [0.05, 0.1) is 4.88 Å². The zero-order valence-corrected chi connectivity index (χ0v) is 13.5. The minimum atomic E-state index is -0.138. The van der Waals surface area contributed by atoms with Gasteiger partial charge in [-0.25, -0.2) is 0 Å². The summed E-state index contributed by atoms with van der Waals surface area (Å²) in [6.07, 6.45) is 4.83. The van der Waals surface area contributed by atoms with Gasteiger partial charge < -0.3 is 10.2 Å². The Morgan fingerprint density at radius 3 is 2.95 bits per heavy atom. The van der Waals surface area contributed by atoms with Crippen LogP contribution in [0.1, 0.15) is 42.3 Å². The molecule has 0 aliphatic carbocycles. The second kappa shape index (κ2) is 6.87. The molecule has 1 saturated heterocycles. The number of hydrogen-bond donors (Lipinski definition) is 1. The van der Waals surface area contributed by atoms with Gasteiger partial charge in [-0.2, -0.15) is 0 Å². The zero-order chi connectivity index (χ0) is 15.4. The predicted octanol–water partition coefficient (Wildman–Crippen LogP) is 3.56. The maximum atomic E-state index is 12.0. The second-order valence-corrected chi connectivity index (χ2v) is 6.41. The third-order valence-electron chi connectivity index (χ3n) is 4.03. The van der Waals surface area contributed by atoms with E-state index >= 15 is 0 Å². The lowest BCUT2D eigenvalue weighted by Crippen LogP contribution is -2.39. The van der Waals surface area contributed by atoms with Crippen molar-refractivity contribution in [1.82, 2.24) is 10.2 Å². The van der Waals surface area contributed by atoms with Gasteiger partial charge in [0.25, 0.3) is 5.91 Å². The molecule has 3 heterocycles. The molecule has 22 heavy (non-hydrogen) atoms. The van der Waals surface area contributed by atoms with Gasteiger partial charge in [-0.05, 0) is 49.3 Å². The molecule has 1 fully saturated rings. The van der Waals surface area contributed by atoms with E-state index in [0.717, 1.165) is 18.8 Å². The fraction of sp³-hybridized carbons (Fsp3) is 0.438. The molecule has 0 saturated carbocycles. The van der Waals surface area contributed by atoms with E-state index in [-0.39, 0.29) is 5.91 Å². The molecule has 1 N–H and O–H groups in total. The van der Waals surface area contributed by atoms with Gasteiger partial charge in [-0.1, -0.05) is 13.0 Å². The normalized spacial score (nSPS) is 18.2. The highest BCUT2D eigenvalue weighted by Gasteiger charge is 2.22. The molecule has 0 bridgehead atoms. The molecule has 2 aromatic heterocycles. The number of carbonyl (C=O) groups excluding carboxylic acids is 1. The summed E-state index contributed by atoms with van der Waals surface area (Å²) in [4.78, 5) is 15.0. The Bertz CT molecular complexity index is 612. The van der Waals surface area contributed by atoms with E-state index < -0.39 is 0 Å². The lowest BCUT2D eigenvalue weighted by atomic mass is 10.0. The molecule has 3 rings (SSSR count). The summed E-state index contributed by atoms with van der Waals surface area (Å²) < 4.78 is 0. The average molecular weight is 316 g/mol. The van der Waals surface area contributed by atoms with Crippen LogP contribution in [-0.2, 0) is 0 Å². The van der Waals surface area contributed by atoms with Gasteiger partial charge in [-0.15, -0.1) is 21.5 Å². The third kappa shape index (κ3) is 3.27. The number of anilines is 2. The van der Waals surface area contributed by atoms with Gasteiger partial charge in [0, 0.05) is 12.6 Å². The fourth-order valence-corrected chi connectivity index (χ4v) is 3.48. The van der Waals surface area contributed by atoms with E-state index in [1.165, 1.54) is 30.6 Å². The highest BCUT2D eigenvalue weighted by molar-refractivity contribution is 7.12. The molecule has 0 radical (unpaired) electrons. The average Bonchev–Trinajstić information content (AvgIpc) is 3.10. The number of hydrogen-bond acceptors (Lipinski definition) is 5. The Hall–Kier alpha value is -1.95. The maximum absolute atomic E-state index is 12.0. The van der Waals surface area contributed by atoms with Crippen molar-refractivity contribution in [2.75, 3.05) is 16.8 Å². The first-order valence-electron chi connectivity index (χ1n) is 7.73. The van der Waals surface area contributed by atoms with Gasteiger partial charge in [-0.3, -0.25) is 4.79 Å². The minimum Gasteiger partial charge on any atom is -0.352 e. The maximum Gasteiger partial charge on any atom is 0.266 e. The molecular weight excluding hydrogens is 296 g/mol. The standard InChI is InChI=1S/C16H20N4OS/c1-2-12-6-3-4-10-20(12)15-9-8-14(18-19-15)17-16(21)13-7-5-11-22-13/h5,7-9,11-12H,2-4,6,10H2,1H3,(H,17,18,21). The van der Waals surface area contributed by atoms with Gasteiger partial charge in [0.15, 0.2) is 11.6 Å². The summed E-state index contributed by atoms with van der Waals surface area (Å²) in [6.45, 7) is 3.25. The second-order valence-electron chi connectivity index (χ2n) is 5.46. The molecule has 0 spiro atoms. The first-order chi connectivity index (χ1) is 10.8. The Balaban J connectivity index is 1.68. The lowest BCUT2D eigenvalue weighted by molar-refractivity contribution is 0.103. The molecule has 1 atom stereocenters. The lowest BCUT2D eigenvalue weighted by Gasteiger charge is -2.35. The number of nitrogens with one attached hydrogen (secondary N) is 1. The molecule has 116 valence electrons. The molecule has 1 aliphatic rings. The van der Waals surface area contributed by atoms with Crippen molar-refractivity contribution in [3.63, 3.8) is 0 Å². The highest BCUT2D eigenvalue weighted by Crippen LogP contribution is 2.25. The van der Waals surface area contributed by atoms with Crippen LogP contribution >= 0.6 is 11.3 Å². The molecule has 6 heteroatoms. The molecule has 1 amide bonds. The van der Waals surface area contributed by atoms with Crippen molar-refractivity contribution < 1.29 is 4.79 Å². The Morgan fingerprint density at radius 2 is 2.27 bits per heavy atom. The molecule has 1 aliphatic heterocycles. The first-order valence-corrected chi connectivity index (χ1v) is 8.61. The van der Waals surface area contributed by atoms with E-state index in [1.54, 1.807) is 6.07 Å². The summed E-state index contributed by atoms with van der Waals surface area (Å²) in [5.41, 5.74) is 0. The quantitative estimate of drug-likeness (QED) is 0.937. The topological polar surface area (TPSA) is 58.1 Å². The smallest absolute Gasteiger partial charge is 0.266 e. The van der Waals surface area contributed by atoms with E-state index in [2.05, 4.69) is 27.3 Å². The molecule has 1 unspecified atom stereocenters. The van der Waals surface area contributed by atoms with Crippen molar-refractivity contribution >= 4 is 28.9 Å². The molecule has 0 aromatic carbocycles. The number of amides is 1. The van der Waals surface area contributed by atoms with Crippen LogP contribution in [0.25, 0.3) is 0 Å².